The van der Waals surface area contributed by atoms with Crippen LogP contribution in [-0.2, 0) is 10.2 Å². The van der Waals surface area contributed by atoms with Gasteiger partial charge in [0.1, 0.15) is 0 Å². The second-order valence-corrected chi connectivity index (χ2v) is 5.89. The van der Waals surface area contributed by atoms with Crippen molar-refractivity contribution in [2.45, 2.75) is 32.6 Å². The minimum atomic E-state index is -0.448. The third-order valence-electron chi connectivity index (χ3n) is 3.98. The molecular weight excluding hydrogens is 248 g/mol. The summed E-state index contributed by atoms with van der Waals surface area (Å²) in [6, 6.07) is 6.14. The first-order chi connectivity index (χ1) is 9.48. The average Bonchev–Trinajstić information content (AvgIpc) is 2.57. The molecule has 0 saturated heterocycles. The van der Waals surface area contributed by atoms with Gasteiger partial charge in [-0.3, -0.25) is 9.79 Å². The molecule has 2 aliphatic heterocycles. The number of carbonyl (C=O) groups excluding carboxylic acids is 1. The zero-order chi connectivity index (χ0) is 14.3. The second kappa shape index (κ2) is 4.44. The summed E-state index contributed by atoms with van der Waals surface area (Å²) in [6.45, 7) is 5.92. The largest absolute Gasteiger partial charge is 0.325 e. The minimum Gasteiger partial charge on any atom is -0.325 e. The lowest BCUT2D eigenvalue weighted by molar-refractivity contribution is -0.119. The maximum absolute atomic E-state index is 12.0. The molecule has 1 amide bonds. The van der Waals surface area contributed by atoms with Crippen LogP contribution in [0.3, 0.4) is 0 Å². The molecule has 2 aliphatic rings. The Labute approximate surface area is 119 Å². The number of nitrogens with zero attached hydrogens (tertiary/aromatic N) is 1. The van der Waals surface area contributed by atoms with Crippen LogP contribution in [0.2, 0.25) is 0 Å². The van der Waals surface area contributed by atoms with Crippen LogP contribution in [0.15, 0.2) is 41.5 Å². The van der Waals surface area contributed by atoms with E-state index in [-0.39, 0.29) is 5.91 Å². The van der Waals surface area contributed by atoms with E-state index in [1.165, 1.54) is 0 Å². The van der Waals surface area contributed by atoms with E-state index in [2.05, 4.69) is 28.5 Å². The molecule has 0 atom stereocenters. The van der Waals surface area contributed by atoms with Crippen LogP contribution in [0.4, 0.5) is 5.69 Å². The standard InChI is InChI=1S/C17H18N2O/c1-11-5-4-6-13(10-18-11)12-7-8-14-15(9-12)19-16(20)17(14,2)3/h4,6-10H,5H2,1-3H3,(H,19,20). The predicted octanol–water partition coefficient (Wildman–Crippen LogP) is 3.68. The number of anilines is 1. The molecule has 1 aromatic rings. The number of hydrogen-bond donors (Lipinski definition) is 1. The Kier molecular flexibility index (Phi) is 2.85. The number of fused-ring (bicyclic) bond motifs is 1. The molecule has 20 heavy (non-hydrogen) atoms. The van der Waals surface area contributed by atoms with Crippen LogP contribution in [0, 0.1) is 0 Å². The maximum atomic E-state index is 12.0. The molecule has 2 heterocycles. The molecule has 0 radical (unpaired) electrons. The number of aliphatic imine (C=N–C) groups is 1. The smallest absolute Gasteiger partial charge is 0.234 e. The quantitative estimate of drug-likeness (QED) is 0.827. The van der Waals surface area contributed by atoms with E-state index in [1.54, 1.807) is 0 Å². The van der Waals surface area contributed by atoms with Crippen molar-refractivity contribution in [1.29, 1.82) is 0 Å². The molecule has 0 aromatic heterocycles. The molecule has 1 N–H and O–H groups in total. The lowest BCUT2D eigenvalue weighted by Gasteiger charge is -2.15. The first-order valence-corrected chi connectivity index (χ1v) is 6.85. The van der Waals surface area contributed by atoms with Gasteiger partial charge in [-0.25, -0.2) is 0 Å². The highest BCUT2D eigenvalue weighted by molar-refractivity contribution is 6.06. The van der Waals surface area contributed by atoms with Gasteiger partial charge in [-0.15, -0.1) is 0 Å². The van der Waals surface area contributed by atoms with Crippen molar-refractivity contribution in [3.63, 3.8) is 0 Å². The van der Waals surface area contributed by atoms with Gasteiger partial charge in [-0.05, 0) is 43.5 Å². The van der Waals surface area contributed by atoms with Crippen molar-refractivity contribution >= 4 is 22.9 Å². The highest BCUT2D eigenvalue weighted by Crippen LogP contribution is 2.38. The molecule has 3 nitrogen and oxygen atoms in total. The molecule has 0 spiro atoms. The zero-order valence-electron chi connectivity index (χ0n) is 12.0. The van der Waals surface area contributed by atoms with Crippen LogP contribution >= 0.6 is 0 Å². The Morgan fingerprint density at radius 3 is 2.90 bits per heavy atom. The fourth-order valence-corrected chi connectivity index (χ4v) is 2.58. The van der Waals surface area contributed by atoms with Crippen LogP contribution in [0.25, 0.3) is 5.57 Å². The second-order valence-electron chi connectivity index (χ2n) is 5.89. The van der Waals surface area contributed by atoms with E-state index < -0.39 is 5.41 Å². The van der Waals surface area contributed by atoms with Gasteiger partial charge in [0.05, 0.1) is 5.41 Å². The summed E-state index contributed by atoms with van der Waals surface area (Å²) in [5, 5.41) is 2.97. The summed E-state index contributed by atoms with van der Waals surface area (Å²) in [7, 11) is 0. The Hall–Kier alpha value is -2.16. The highest BCUT2D eigenvalue weighted by Gasteiger charge is 2.38. The number of allylic oxidation sites excluding steroid dienone is 3. The highest BCUT2D eigenvalue weighted by atomic mass is 16.2. The van der Waals surface area contributed by atoms with Crippen molar-refractivity contribution < 1.29 is 4.79 Å². The first-order valence-electron chi connectivity index (χ1n) is 6.85. The van der Waals surface area contributed by atoms with Crippen LogP contribution in [0.1, 0.15) is 38.3 Å². The Bertz CT molecular complexity index is 678. The van der Waals surface area contributed by atoms with E-state index in [9.17, 15) is 4.79 Å². The van der Waals surface area contributed by atoms with E-state index in [4.69, 9.17) is 0 Å². The van der Waals surface area contributed by atoms with Gasteiger partial charge < -0.3 is 5.32 Å². The maximum Gasteiger partial charge on any atom is 0.234 e. The van der Waals surface area contributed by atoms with Gasteiger partial charge in [-0.1, -0.05) is 24.3 Å². The number of carbonyl (C=O) groups is 1. The van der Waals surface area contributed by atoms with Gasteiger partial charge in [-0.2, -0.15) is 0 Å². The van der Waals surface area contributed by atoms with Gasteiger partial charge >= 0.3 is 0 Å². The third kappa shape index (κ3) is 1.99. The van der Waals surface area contributed by atoms with E-state index >= 15 is 0 Å². The summed E-state index contributed by atoms with van der Waals surface area (Å²) in [6.07, 6.45) is 6.98. The zero-order valence-corrected chi connectivity index (χ0v) is 12.0. The van der Waals surface area contributed by atoms with Crippen molar-refractivity contribution in [3.8, 4) is 0 Å². The topological polar surface area (TPSA) is 41.5 Å². The van der Waals surface area contributed by atoms with Crippen molar-refractivity contribution in [3.05, 3.63) is 47.7 Å². The lowest BCUT2D eigenvalue weighted by Crippen LogP contribution is -2.26. The van der Waals surface area contributed by atoms with Gasteiger partial charge in [0, 0.05) is 24.0 Å². The normalized spacial score (nSPS) is 19.9. The summed E-state index contributed by atoms with van der Waals surface area (Å²) in [5.74, 6) is 0.0592. The van der Waals surface area contributed by atoms with E-state index in [1.807, 2.05) is 39.1 Å². The molecule has 0 bridgehead atoms. The van der Waals surface area contributed by atoms with Crippen LogP contribution in [0.5, 0.6) is 0 Å². The Balaban J connectivity index is 2.04. The van der Waals surface area contributed by atoms with Gasteiger partial charge in [0.25, 0.3) is 0 Å². The van der Waals surface area contributed by atoms with Crippen molar-refractivity contribution in [1.82, 2.24) is 0 Å². The minimum absolute atomic E-state index is 0.0592. The summed E-state index contributed by atoms with van der Waals surface area (Å²) >= 11 is 0. The van der Waals surface area contributed by atoms with Gasteiger partial charge in [0.15, 0.2) is 0 Å². The van der Waals surface area contributed by atoms with Gasteiger partial charge in [0.2, 0.25) is 5.91 Å². The molecule has 102 valence electrons. The first kappa shape index (κ1) is 12.9. The number of amides is 1. The monoisotopic (exact) mass is 266 g/mol. The fourth-order valence-electron chi connectivity index (χ4n) is 2.58. The number of benzene rings is 1. The van der Waals surface area contributed by atoms with E-state index in [0.29, 0.717) is 0 Å². The molecule has 3 rings (SSSR count). The van der Waals surface area contributed by atoms with Crippen molar-refractivity contribution in [2.24, 2.45) is 4.99 Å². The Morgan fingerprint density at radius 2 is 2.10 bits per heavy atom. The van der Waals surface area contributed by atoms with Crippen LogP contribution in [-0.4, -0.2) is 11.6 Å². The Morgan fingerprint density at radius 1 is 1.30 bits per heavy atom. The third-order valence-corrected chi connectivity index (χ3v) is 3.98. The predicted molar refractivity (Wildman–Crippen MR) is 82.9 cm³/mol. The number of hydrogen-bond acceptors (Lipinski definition) is 2. The van der Waals surface area contributed by atoms with Crippen molar-refractivity contribution in [2.75, 3.05) is 5.32 Å². The fraction of sp³-hybridized carbons (Fsp3) is 0.294. The summed E-state index contributed by atoms with van der Waals surface area (Å²) in [5.41, 5.74) is 4.78. The summed E-state index contributed by atoms with van der Waals surface area (Å²) < 4.78 is 0. The molecule has 0 saturated carbocycles. The van der Waals surface area contributed by atoms with Crippen LogP contribution < -0.4 is 5.32 Å². The molecular formula is C17H18N2O. The SMILES string of the molecule is CC1=NC=C(c2ccc3c(c2)NC(=O)C3(C)C)C=CC1. The molecule has 0 fully saturated rings. The molecule has 3 heteroatoms. The lowest BCUT2D eigenvalue weighted by atomic mass is 9.85. The molecule has 1 aromatic carbocycles. The average molecular weight is 266 g/mol. The molecule has 0 aliphatic carbocycles. The summed E-state index contributed by atoms with van der Waals surface area (Å²) in [4.78, 5) is 16.4. The number of rotatable bonds is 1. The molecule has 0 unspecified atom stereocenters. The number of nitrogens with one attached hydrogen (secondary N) is 1. The van der Waals surface area contributed by atoms with E-state index in [0.717, 1.165) is 34.5 Å².